The van der Waals surface area contributed by atoms with Crippen LogP contribution in [0.1, 0.15) is 72.1 Å². The van der Waals surface area contributed by atoms with Crippen LogP contribution in [0.3, 0.4) is 0 Å². The topological polar surface area (TPSA) is 109 Å². The van der Waals surface area contributed by atoms with Crippen LogP contribution in [-0.4, -0.2) is 84.4 Å². The van der Waals surface area contributed by atoms with Gasteiger partial charge in [0.1, 0.15) is 23.7 Å². The molecular weight excluding hydrogens is 510 g/mol. The number of nitrogens with one attached hydrogen (secondary N) is 2. The summed E-state index contributed by atoms with van der Waals surface area (Å²) < 4.78 is 40.1. The maximum atomic E-state index is 14.5. The van der Waals surface area contributed by atoms with Crippen LogP contribution in [0.2, 0.25) is 0 Å². The lowest BCUT2D eigenvalue weighted by Gasteiger charge is -2.40. The first kappa shape index (κ1) is 30.8. The summed E-state index contributed by atoms with van der Waals surface area (Å²) in [5, 5.41) is 5.77. The first-order valence-electron chi connectivity index (χ1n) is 13.9. The summed E-state index contributed by atoms with van der Waals surface area (Å²) in [6.07, 6.45) is 0.885. The molecule has 2 aliphatic rings. The SMILES string of the molecule is CCCN(CCNC(=O)OC(C)(C)C)C(=O)COC1CN(c2nc(NCCC(C)C)nc3c2CCC3(F)F)C1. The zero-order valence-electron chi connectivity index (χ0n) is 24.1. The fourth-order valence-corrected chi connectivity index (χ4v) is 4.45. The van der Waals surface area contributed by atoms with Gasteiger partial charge in [-0.3, -0.25) is 4.79 Å². The molecule has 0 bridgehead atoms. The third-order valence-corrected chi connectivity index (χ3v) is 6.51. The molecule has 12 heteroatoms. The van der Waals surface area contributed by atoms with Crippen LogP contribution >= 0.6 is 0 Å². The Balaban J connectivity index is 1.51. The fourth-order valence-electron chi connectivity index (χ4n) is 4.45. The molecule has 2 N–H and O–H groups in total. The summed E-state index contributed by atoms with van der Waals surface area (Å²) >= 11 is 0. The number of nitrogens with zero attached hydrogens (tertiary/aromatic N) is 4. The van der Waals surface area contributed by atoms with Crippen LogP contribution in [0.25, 0.3) is 0 Å². The van der Waals surface area contributed by atoms with E-state index in [0.29, 0.717) is 50.0 Å². The quantitative estimate of drug-likeness (QED) is 0.378. The minimum atomic E-state index is -2.96. The van der Waals surface area contributed by atoms with Gasteiger partial charge in [0, 0.05) is 51.3 Å². The highest BCUT2D eigenvalue weighted by Gasteiger charge is 2.45. The minimum absolute atomic E-state index is 0.0904. The number of hydrogen-bond acceptors (Lipinski definition) is 8. The van der Waals surface area contributed by atoms with Crippen LogP contribution in [0.5, 0.6) is 0 Å². The normalized spacial score (nSPS) is 16.6. The molecule has 1 aliphatic carbocycles. The maximum absolute atomic E-state index is 14.5. The zero-order valence-corrected chi connectivity index (χ0v) is 24.1. The molecule has 0 atom stereocenters. The number of alkyl carbamates (subject to hydrolysis) is 1. The molecule has 0 radical (unpaired) electrons. The third-order valence-electron chi connectivity index (χ3n) is 6.51. The molecule has 3 rings (SSSR count). The van der Waals surface area contributed by atoms with Gasteiger partial charge in [-0.25, -0.2) is 9.78 Å². The fraction of sp³-hybridized carbons (Fsp3) is 0.778. The molecular formula is C27H44F2N6O4. The molecule has 0 unspecified atom stereocenters. The van der Waals surface area contributed by atoms with Crippen molar-refractivity contribution < 1.29 is 27.8 Å². The molecule has 10 nitrogen and oxygen atoms in total. The first-order chi connectivity index (χ1) is 18.3. The van der Waals surface area contributed by atoms with Crippen LogP contribution in [0, 0.1) is 5.92 Å². The Morgan fingerprint density at radius 1 is 1.18 bits per heavy atom. The number of ether oxygens (including phenoxy) is 2. The number of aromatic nitrogens is 2. The average molecular weight is 555 g/mol. The number of rotatable bonds is 13. The Morgan fingerprint density at radius 2 is 1.90 bits per heavy atom. The largest absolute Gasteiger partial charge is 0.444 e. The molecule has 1 saturated heterocycles. The number of carbonyl (C=O) groups is 2. The van der Waals surface area contributed by atoms with E-state index in [1.807, 2.05) is 11.8 Å². The highest BCUT2D eigenvalue weighted by molar-refractivity contribution is 5.77. The van der Waals surface area contributed by atoms with Crippen LogP contribution < -0.4 is 15.5 Å². The Labute approximate surface area is 230 Å². The van der Waals surface area contributed by atoms with E-state index in [1.165, 1.54) is 0 Å². The van der Waals surface area contributed by atoms with Gasteiger partial charge in [0.05, 0.1) is 6.10 Å². The molecule has 0 saturated carbocycles. The predicted octanol–water partition coefficient (Wildman–Crippen LogP) is 3.94. The molecule has 1 aromatic rings. The number of hydrogen-bond donors (Lipinski definition) is 2. The van der Waals surface area contributed by atoms with Crippen molar-refractivity contribution in [3.63, 3.8) is 0 Å². The van der Waals surface area contributed by atoms with E-state index < -0.39 is 17.6 Å². The van der Waals surface area contributed by atoms with Gasteiger partial charge in [-0.1, -0.05) is 20.8 Å². The van der Waals surface area contributed by atoms with Gasteiger partial charge in [-0.05, 0) is 46.0 Å². The van der Waals surface area contributed by atoms with Gasteiger partial charge < -0.3 is 29.9 Å². The number of halogens is 2. The monoisotopic (exact) mass is 554 g/mol. The smallest absolute Gasteiger partial charge is 0.407 e. The Bertz CT molecular complexity index is 995. The molecule has 39 heavy (non-hydrogen) atoms. The first-order valence-corrected chi connectivity index (χ1v) is 13.9. The highest BCUT2D eigenvalue weighted by Crippen LogP contribution is 2.44. The van der Waals surface area contributed by atoms with Gasteiger partial charge in [0.2, 0.25) is 11.9 Å². The van der Waals surface area contributed by atoms with Crippen molar-refractivity contribution in [3.8, 4) is 0 Å². The van der Waals surface area contributed by atoms with Crippen LogP contribution in [-0.2, 0) is 26.6 Å². The lowest BCUT2D eigenvalue weighted by molar-refractivity contribution is -0.138. The summed E-state index contributed by atoms with van der Waals surface area (Å²) in [5.41, 5.74) is -0.281. The van der Waals surface area contributed by atoms with Gasteiger partial charge in [-0.2, -0.15) is 13.8 Å². The van der Waals surface area contributed by atoms with E-state index in [4.69, 9.17) is 9.47 Å². The van der Waals surface area contributed by atoms with Gasteiger partial charge in [0.15, 0.2) is 0 Å². The van der Waals surface area contributed by atoms with Gasteiger partial charge >= 0.3 is 6.09 Å². The van der Waals surface area contributed by atoms with Crippen LogP contribution in [0.4, 0.5) is 25.3 Å². The van der Waals surface area contributed by atoms with E-state index in [0.717, 1.165) is 12.8 Å². The van der Waals surface area contributed by atoms with Crippen molar-refractivity contribution in [3.05, 3.63) is 11.3 Å². The summed E-state index contributed by atoms with van der Waals surface area (Å²) in [4.78, 5) is 36.9. The average Bonchev–Trinajstić information content (AvgIpc) is 3.10. The lowest BCUT2D eigenvalue weighted by atomic mass is 10.1. The van der Waals surface area contributed by atoms with E-state index in [2.05, 4.69) is 34.4 Å². The van der Waals surface area contributed by atoms with E-state index in [1.54, 1.807) is 25.7 Å². The molecule has 1 aliphatic heterocycles. The Hall–Kier alpha value is -2.76. The Morgan fingerprint density at radius 3 is 2.54 bits per heavy atom. The van der Waals surface area contributed by atoms with Gasteiger partial charge in [-0.15, -0.1) is 0 Å². The van der Waals surface area contributed by atoms with Crippen molar-refractivity contribution in [1.82, 2.24) is 20.2 Å². The van der Waals surface area contributed by atoms with Crippen molar-refractivity contribution in [2.45, 2.75) is 84.9 Å². The molecule has 0 aromatic carbocycles. The van der Waals surface area contributed by atoms with Gasteiger partial charge in [0.25, 0.3) is 5.92 Å². The standard InChI is InChI=1S/C27H44F2N6O4/c1-7-13-34(14-12-31-25(37)39-26(4,5)6)21(36)17-38-19-15-35(16-19)23-20-8-10-27(28,29)22(20)32-24(33-23)30-11-9-18(2)3/h18-19H,7-17H2,1-6H3,(H,31,37)(H,30,32,33). The van der Waals surface area contributed by atoms with Crippen molar-refractivity contribution >= 4 is 23.8 Å². The second-order valence-corrected chi connectivity index (χ2v) is 11.7. The van der Waals surface area contributed by atoms with E-state index >= 15 is 0 Å². The number of carbonyl (C=O) groups excluding carboxylic acids is 2. The van der Waals surface area contributed by atoms with Crippen LogP contribution in [0.15, 0.2) is 0 Å². The van der Waals surface area contributed by atoms with Crippen molar-refractivity contribution in [2.24, 2.45) is 5.92 Å². The molecule has 2 heterocycles. The predicted molar refractivity (Wildman–Crippen MR) is 145 cm³/mol. The second-order valence-electron chi connectivity index (χ2n) is 11.7. The summed E-state index contributed by atoms with van der Waals surface area (Å²) in [5.74, 6) is -1.91. The number of amides is 2. The third kappa shape index (κ3) is 8.87. The molecule has 2 amide bonds. The maximum Gasteiger partial charge on any atom is 0.407 e. The Kier molecular flexibility index (Phi) is 10.3. The second kappa shape index (κ2) is 13.1. The molecule has 220 valence electrons. The number of fused-ring (bicyclic) bond motifs is 1. The molecule has 1 aromatic heterocycles. The number of anilines is 2. The van der Waals surface area contributed by atoms with Crippen molar-refractivity contribution in [2.75, 3.05) is 56.1 Å². The van der Waals surface area contributed by atoms with E-state index in [-0.39, 0.29) is 49.6 Å². The number of alkyl halides is 2. The van der Waals surface area contributed by atoms with Crippen molar-refractivity contribution in [1.29, 1.82) is 0 Å². The van der Waals surface area contributed by atoms with E-state index in [9.17, 15) is 18.4 Å². The molecule has 0 spiro atoms. The minimum Gasteiger partial charge on any atom is -0.444 e. The molecule has 1 fully saturated rings. The summed E-state index contributed by atoms with van der Waals surface area (Å²) in [6, 6.07) is 0. The summed E-state index contributed by atoms with van der Waals surface area (Å²) in [6.45, 7) is 14.1. The lowest BCUT2D eigenvalue weighted by Crippen LogP contribution is -2.54. The zero-order chi connectivity index (χ0) is 28.8. The highest BCUT2D eigenvalue weighted by atomic mass is 19.3. The summed E-state index contributed by atoms with van der Waals surface area (Å²) in [7, 11) is 0.